The summed E-state index contributed by atoms with van der Waals surface area (Å²) in [6.07, 6.45) is -0.120. The molecule has 0 unspecified atom stereocenters. The van der Waals surface area contributed by atoms with Gasteiger partial charge in [-0.05, 0) is 41.8 Å². The van der Waals surface area contributed by atoms with Crippen molar-refractivity contribution in [3.05, 3.63) is 65.5 Å². The number of nitrogens with zero attached hydrogens (tertiary/aromatic N) is 2. The van der Waals surface area contributed by atoms with Crippen molar-refractivity contribution < 1.29 is 27.4 Å². The third-order valence-corrected chi connectivity index (χ3v) is 4.77. The highest BCUT2D eigenvalue weighted by atomic mass is 19.4. The zero-order valence-corrected chi connectivity index (χ0v) is 18.3. The molecule has 0 bridgehead atoms. The molecule has 0 saturated carbocycles. The van der Waals surface area contributed by atoms with Crippen molar-refractivity contribution >= 4 is 11.6 Å². The largest absolute Gasteiger partial charge is 0.493 e. The number of aromatic nitrogens is 2. The smallest absolute Gasteiger partial charge is 0.418 e. The van der Waals surface area contributed by atoms with Gasteiger partial charge >= 0.3 is 6.18 Å². The maximum absolute atomic E-state index is 13.1. The van der Waals surface area contributed by atoms with Crippen LogP contribution in [-0.2, 0) is 12.6 Å². The number of benzene rings is 2. The van der Waals surface area contributed by atoms with Gasteiger partial charge in [0.05, 0.1) is 26.4 Å². The first-order valence-electron chi connectivity index (χ1n) is 10.2. The molecule has 7 nitrogen and oxygen atoms in total. The summed E-state index contributed by atoms with van der Waals surface area (Å²) in [5.74, 6) is 1.59. The lowest BCUT2D eigenvalue weighted by atomic mass is 10.1. The third kappa shape index (κ3) is 6.41. The van der Waals surface area contributed by atoms with Crippen molar-refractivity contribution in [2.24, 2.45) is 0 Å². The number of hydrogen-bond donors (Lipinski definition) is 2. The van der Waals surface area contributed by atoms with E-state index in [0.717, 1.165) is 17.2 Å². The fourth-order valence-electron chi connectivity index (χ4n) is 3.22. The van der Waals surface area contributed by atoms with Crippen LogP contribution in [0.1, 0.15) is 23.1 Å². The molecule has 176 valence electrons. The van der Waals surface area contributed by atoms with Gasteiger partial charge in [0.25, 0.3) is 0 Å². The summed E-state index contributed by atoms with van der Waals surface area (Å²) in [5, 5.41) is 2.82. The van der Waals surface area contributed by atoms with Gasteiger partial charge in [0.2, 0.25) is 11.7 Å². The van der Waals surface area contributed by atoms with E-state index in [1.54, 1.807) is 18.5 Å². The van der Waals surface area contributed by atoms with Gasteiger partial charge in [-0.1, -0.05) is 12.1 Å². The second kappa shape index (κ2) is 10.8. The molecule has 1 aromatic heterocycles. The van der Waals surface area contributed by atoms with Crippen LogP contribution >= 0.6 is 0 Å². The van der Waals surface area contributed by atoms with E-state index >= 15 is 0 Å². The maximum atomic E-state index is 13.1. The number of alkyl halides is 3. The van der Waals surface area contributed by atoms with Gasteiger partial charge in [-0.25, -0.2) is 9.97 Å². The number of hydrogen-bond acceptors (Lipinski definition) is 7. The van der Waals surface area contributed by atoms with Crippen molar-refractivity contribution in [1.29, 1.82) is 0 Å². The van der Waals surface area contributed by atoms with E-state index < -0.39 is 11.7 Å². The molecule has 3 N–H and O–H groups in total. The van der Waals surface area contributed by atoms with Crippen molar-refractivity contribution in [2.45, 2.75) is 19.0 Å². The number of rotatable bonds is 10. The molecule has 0 aliphatic carbocycles. The number of nitrogen functional groups attached to an aromatic ring is 1. The van der Waals surface area contributed by atoms with Gasteiger partial charge < -0.3 is 25.3 Å². The summed E-state index contributed by atoms with van der Waals surface area (Å²) in [6, 6.07) is 9.02. The Balaban J connectivity index is 1.62. The molecule has 0 amide bonds. The Morgan fingerprint density at radius 1 is 0.970 bits per heavy atom. The quantitative estimate of drug-likeness (QED) is 0.427. The zero-order chi connectivity index (χ0) is 23.8. The second-order valence-corrected chi connectivity index (χ2v) is 7.13. The molecule has 1 heterocycles. The normalized spacial score (nSPS) is 11.2. The second-order valence-electron chi connectivity index (χ2n) is 7.13. The fraction of sp³-hybridized carbons (Fsp3) is 0.304. The zero-order valence-electron chi connectivity index (χ0n) is 18.3. The minimum Gasteiger partial charge on any atom is -0.493 e. The van der Waals surface area contributed by atoms with E-state index in [9.17, 15) is 13.2 Å². The average Bonchev–Trinajstić information content (AvgIpc) is 2.80. The number of ether oxygens (including phenoxy) is 3. The lowest BCUT2D eigenvalue weighted by molar-refractivity contribution is -0.136. The standard InChI is InChI=1S/C23H25F3N4O3/c1-31-19-11-15(10-16-13-29-22(27)30-14-16)12-20(32-2)21(19)33-9-5-8-28-18-7-4-3-6-17(18)23(24,25)26/h3-4,6-7,11-14,28H,5,8-10H2,1-2H3,(H2,27,29,30). The van der Waals surface area contributed by atoms with Crippen molar-refractivity contribution in [1.82, 2.24) is 9.97 Å². The average molecular weight is 462 g/mol. The Labute approximate surface area is 189 Å². The lowest BCUT2D eigenvalue weighted by Gasteiger charge is -2.17. The Morgan fingerprint density at radius 3 is 2.21 bits per heavy atom. The van der Waals surface area contributed by atoms with Crippen LogP contribution in [0, 0.1) is 0 Å². The van der Waals surface area contributed by atoms with Crippen LogP contribution in [-0.4, -0.2) is 37.3 Å². The Hall–Kier alpha value is -3.69. The number of halogens is 3. The molecule has 0 saturated heterocycles. The SMILES string of the molecule is COc1cc(Cc2cnc(N)nc2)cc(OC)c1OCCCNc1ccccc1C(F)(F)F. The van der Waals surface area contributed by atoms with Crippen LogP contribution in [0.2, 0.25) is 0 Å². The van der Waals surface area contributed by atoms with E-state index in [4.69, 9.17) is 19.9 Å². The molecule has 0 atom stereocenters. The van der Waals surface area contributed by atoms with Crippen molar-refractivity contribution in [2.75, 3.05) is 38.4 Å². The van der Waals surface area contributed by atoms with Crippen LogP contribution < -0.4 is 25.3 Å². The molecule has 10 heteroatoms. The van der Waals surface area contributed by atoms with Gasteiger partial charge in [0.1, 0.15) is 0 Å². The summed E-state index contributed by atoms with van der Waals surface area (Å²) in [4.78, 5) is 7.98. The van der Waals surface area contributed by atoms with Gasteiger partial charge in [-0.2, -0.15) is 13.2 Å². The monoisotopic (exact) mass is 462 g/mol. The number of anilines is 2. The first kappa shape index (κ1) is 24.0. The first-order chi connectivity index (χ1) is 15.8. The first-order valence-corrected chi connectivity index (χ1v) is 10.2. The molecule has 3 rings (SSSR count). The van der Waals surface area contributed by atoms with Gasteiger partial charge in [0, 0.05) is 31.0 Å². The molecule has 0 aliphatic rings. The molecule has 0 aliphatic heterocycles. The molecule has 0 radical (unpaired) electrons. The summed E-state index contributed by atoms with van der Waals surface area (Å²) < 4.78 is 56.1. The highest BCUT2D eigenvalue weighted by Gasteiger charge is 2.32. The van der Waals surface area contributed by atoms with Crippen LogP contribution in [0.5, 0.6) is 17.2 Å². The maximum Gasteiger partial charge on any atom is 0.418 e. The van der Waals surface area contributed by atoms with E-state index in [1.807, 2.05) is 12.1 Å². The predicted octanol–water partition coefficient (Wildman–Crippen LogP) is 4.57. The Kier molecular flexibility index (Phi) is 7.81. The molecule has 33 heavy (non-hydrogen) atoms. The molecular weight excluding hydrogens is 437 g/mol. The molecule has 2 aromatic carbocycles. The summed E-state index contributed by atoms with van der Waals surface area (Å²) in [6.45, 7) is 0.548. The highest BCUT2D eigenvalue weighted by molar-refractivity contribution is 5.55. The number of nitrogens with two attached hydrogens (primary N) is 1. The predicted molar refractivity (Wildman–Crippen MR) is 119 cm³/mol. The van der Waals surface area contributed by atoms with E-state index in [-0.39, 0.29) is 18.2 Å². The molecule has 0 fully saturated rings. The highest BCUT2D eigenvalue weighted by Crippen LogP contribution is 2.39. The lowest BCUT2D eigenvalue weighted by Crippen LogP contribution is -2.13. The van der Waals surface area contributed by atoms with E-state index in [0.29, 0.717) is 36.6 Å². The van der Waals surface area contributed by atoms with E-state index in [2.05, 4.69) is 15.3 Å². The minimum atomic E-state index is -4.42. The summed E-state index contributed by atoms with van der Waals surface area (Å²) in [7, 11) is 3.04. The molecule has 0 spiro atoms. The topological polar surface area (TPSA) is 91.5 Å². The van der Waals surface area contributed by atoms with Crippen LogP contribution in [0.25, 0.3) is 0 Å². The van der Waals surface area contributed by atoms with Gasteiger partial charge in [0.15, 0.2) is 11.5 Å². The third-order valence-electron chi connectivity index (χ3n) is 4.77. The van der Waals surface area contributed by atoms with Gasteiger partial charge in [-0.3, -0.25) is 0 Å². The van der Waals surface area contributed by atoms with Crippen LogP contribution in [0.15, 0.2) is 48.8 Å². The van der Waals surface area contributed by atoms with E-state index in [1.165, 1.54) is 26.4 Å². The number of nitrogens with one attached hydrogen (secondary N) is 1. The van der Waals surface area contributed by atoms with Crippen molar-refractivity contribution in [3.63, 3.8) is 0 Å². The summed E-state index contributed by atoms with van der Waals surface area (Å²) >= 11 is 0. The van der Waals surface area contributed by atoms with Crippen LogP contribution in [0.4, 0.5) is 24.8 Å². The molecule has 3 aromatic rings. The number of para-hydroxylation sites is 1. The minimum absolute atomic E-state index is 0.0381. The number of methoxy groups -OCH3 is 2. The van der Waals surface area contributed by atoms with Crippen LogP contribution in [0.3, 0.4) is 0 Å². The Morgan fingerprint density at radius 2 is 1.61 bits per heavy atom. The fourth-order valence-corrected chi connectivity index (χ4v) is 3.22. The molecular formula is C23H25F3N4O3. The van der Waals surface area contributed by atoms with Crippen molar-refractivity contribution in [3.8, 4) is 17.2 Å². The Bertz CT molecular complexity index is 1030. The van der Waals surface area contributed by atoms with Gasteiger partial charge in [-0.15, -0.1) is 0 Å². The summed E-state index contributed by atoms with van der Waals surface area (Å²) in [5.41, 5.74) is 6.63.